The smallest absolute Gasteiger partial charge is 0.270 e. The number of nitrogens with zero attached hydrogens (tertiary/aromatic N) is 2. The van der Waals surface area contributed by atoms with Crippen LogP contribution in [0.2, 0.25) is 0 Å². The molecular weight excluding hydrogens is 406 g/mol. The van der Waals surface area contributed by atoms with Crippen molar-refractivity contribution < 1.29 is 9.59 Å². The Bertz CT molecular complexity index is 1300. The van der Waals surface area contributed by atoms with E-state index < -0.39 is 11.8 Å². The highest BCUT2D eigenvalue weighted by atomic mass is 32.1. The number of allylic oxidation sites excluding steroid dienone is 1. The molecule has 2 heterocycles. The monoisotopic (exact) mass is 429 g/mol. The summed E-state index contributed by atoms with van der Waals surface area (Å²) in [5.41, 5.74) is 5.66. The van der Waals surface area contributed by atoms with Crippen LogP contribution < -0.4 is 10.2 Å². The molecule has 0 atom stereocenters. The van der Waals surface area contributed by atoms with Crippen molar-refractivity contribution in [2.75, 3.05) is 4.90 Å². The molecule has 0 bridgehead atoms. The van der Waals surface area contributed by atoms with Crippen molar-refractivity contribution >= 4 is 51.8 Å². The third kappa shape index (κ3) is 3.49. The fraction of sp³-hybridized carbons (Fsp3) is 0.160. The lowest BCUT2D eigenvalue weighted by Gasteiger charge is -2.29. The Morgan fingerprint density at radius 3 is 2.52 bits per heavy atom. The number of carbonyl (C=O) groups excluding carboxylic acids is 2. The maximum absolute atomic E-state index is 13.4. The highest BCUT2D eigenvalue weighted by Crippen LogP contribution is 2.30. The fourth-order valence-electron chi connectivity index (χ4n) is 3.91. The van der Waals surface area contributed by atoms with Gasteiger partial charge in [0.2, 0.25) is 0 Å². The number of hydrogen-bond acceptors (Lipinski definition) is 3. The second kappa shape index (κ2) is 7.96. The first-order valence-corrected chi connectivity index (χ1v) is 10.4. The number of fused-ring (bicyclic) bond motifs is 1. The molecule has 5 nitrogen and oxygen atoms in total. The Hall–Kier alpha value is -3.51. The average Bonchev–Trinajstić information content (AvgIpc) is 2.99. The quantitative estimate of drug-likeness (QED) is 0.286. The molecule has 1 aliphatic rings. The van der Waals surface area contributed by atoms with Gasteiger partial charge in [0.1, 0.15) is 5.57 Å². The SMILES string of the molecule is C=CCn1c(C)c(/C=C2\C(=O)NC(=S)N(c3ccc(C)c(C)c3)C2=O)c2ccccc21. The van der Waals surface area contributed by atoms with Crippen LogP contribution >= 0.6 is 12.2 Å². The highest BCUT2D eigenvalue weighted by molar-refractivity contribution is 7.80. The number of hydrogen-bond donors (Lipinski definition) is 1. The van der Waals surface area contributed by atoms with Gasteiger partial charge in [-0.3, -0.25) is 19.8 Å². The van der Waals surface area contributed by atoms with E-state index in [-0.39, 0.29) is 10.7 Å². The lowest BCUT2D eigenvalue weighted by atomic mass is 10.0. The van der Waals surface area contributed by atoms with Gasteiger partial charge in [0.05, 0.1) is 5.69 Å². The second-order valence-corrected chi connectivity index (χ2v) is 8.03. The summed E-state index contributed by atoms with van der Waals surface area (Å²) >= 11 is 5.33. The van der Waals surface area contributed by atoms with Crippen LogP contribution in [-0.4, -0.2) is 21.5 Å². The molecule has 1 saturated heterocycles. The van der Waals surface area contributed by atoms with Crippen molar-refractivity contribution in [1.29, 1.82) is 0 Å². The van der Waals surface area contributed by atoms with E-state index in [1.165, 1.54) is 4.90 Å². The Morgan fingerprint density at radius 1 is 1.06 bits per heavy atom. The van der Waals surface area contributed by atoms with Crippen LogP contribution in [0.4, 0.5) is 5.69 Å². The number of carbonyl (C=O) groups is 2. The van der Waals surface area contributed by atoms with Gasteiger partial charge < -0.3 is 4.57 Å². The van der Waals surface area contributed by atoms with Crippen LogP contribution in [0.15, 0.2) is 60.7 Å². The van der Waals surface area contributed by atoms with Gasteiger partial charge in [-0.1, -0.05) is 30.3 Å². The van der Waals surface area contributed by atoms with Gasteiger partial charge in [-0.2, -0.15) is 0 Å². The van der Waals surface area contributed by atoms with Gasteiger partial charge in [-0.25, -0.2) is 0 Å². The summed E-state index contributed by atoms with van der Waals surface area (Å²) in [5.74, 6) is -0.924. The van der Waals surface area contributed by atoms with Crippen LogP contribution in [0.3, 0.4) is 0 Å². The predicted octanol–water partition coefficient (Wildman–Crippen LogP) is 4.58. The number of benzene rings is 2. The molecule has 1 aliphatic heterocycles. The molecule has 1 fully saturated rings. The third-order valence-electron chi connectivity index (χ3n) is 5.73. The second-order valence-electron chi connectivity index (χ2n) is 7.64. The number of para-hydroxylation sites is 1. The minimum Gasteiger partial charge on any atom is -0.340 e. The molecule has 6 heteroatoms. The number of thiocarbonyl (C=S) groups is 1. The Balaban J connectivity index is 1.86. The summed E-state index contributed by atoms with van der Waals surface area (Å²) in [6.45, 7) is 10.4. The van der Waals surface area contributed by atoms with E-state index in [1.807, 2.05) is 69.3 Å². The summed E-state index contributed by atoms with van der Waals surface area (Å²) in [4.78, 5) is 27.6. The Labute approximate surface area is 186 Å². The molecule has 0 radical (unpaired) electrons. The maximum Gasteiger partial charge on any atom is 0.270 e. The van der Waals surface area contributed by atoms with Crippen molar-refractivity contribution in [2.45, 2.75) is 27.3 Å². The van der Waals surface area contributed by atoms with E-state index >= 15 is 0 Å². The number of anilines is 1. The molecule has 2 aromatic carbocycles. The van der Waals surface area contributed by atoms with Crippen LogP contribution in [0.1, 0.15) is 22.4 Å². The number of aryl methyl sites for hydroxylation is 2. The molecule has 0 spiro atoms. The van der Waals surface area contributed by atoms with E-state index in [0.29, 0.717) is 12.2 Å². The summed E-state index contributed by atoms with van der Waals surface area (Å²) in [5, 5.41) is 3.73. The molecule has 4 rings (SSSR count). The van der Waals surface area contributed by atoms with Crippen molar-refractivity contribution in [3.63, 3.8) is 0 Å². The van der Waals surface area contributed by atoms with E-state index in [9.17, 15) is 9.59 Å². The molecule has 3 aromatic rings. The minimum absolute atomic E-state index is 0.0523. The average molecular weight is 430 g/mol. The molecule has 0 unspecified atom stereocenters. The molecular formula is C25H23N3O2S. The van der Waals surface area contributed by atoms with Crippen molar-refractivity contribution in [1.82, 2.24) is 9.88 Å². The summed E-state index contributed by atoms with van der Waals surface area (Å²) < 4.78 is 2.12. The van der Waals surface area contributed by atoms with Gasteiger partial charge in [0, 0.05) is 28.7 Å². The molecule has 156 valence electrons. The van der Waals surface area contributed by atoms with Gasteiger partial charge >= 0.3 is 0 Å². The lowest BCUT2D eigenvalue weighted by molar-refractivity contribution is -0.122. The summed E-state index contributed by atoms with van der Waals surface area (Å²) in [7, 11) is 0. The standard InChI is InChI=1S/C25H23N3O2S/c1-5-12-27-17(4)20(19-8-6-7-9-22(19)27)14-21-23(29)26-25(31)28(24(21)30)18-11-10-15(2)16(3)13-18/h5-11,13-14H,1,12H2,2-4H3,(H,26,29,31)/b21-14+. The first-order chi connectivity index (χ1) is 14.8. The van der Waals surface area contributed by atoms with Gasteiger partial charge in [-0.05, 0) is 68.4 Å². The van der Waals surface area contributed by atoms with Crippen LogP contribution in [-0.2, 0) is 16.1 Å². The predicted molar refractivity (Wildman–Crippen MR) is 129 cm³/mol. The first kappa shape index (κ1) is 20.8. The van der Waals surface area contributed by atoms with E-state index in [1.54, 1.807) is 6.08 Å². The van der Waals surface area contributed by atoms with Gasteiger partial charge in [0.15, 0.2) is 5.11 Å². The van der Waals surface area contributed by atoms with Crippen molar-refractivity contribution in [3.8, 4) is 0 Å². The molecule has 0 aliphatic carbocycles. The molecule has 2 amide bonds. The minimum atomic E-state index is -0.491. The number of rotatable bonds is 4. The molecule has 0 saturated carbocycles. The normalized spacial score (nSPS) is 15.6. The van der Waals surface area contributed by atoms with Crippen LogP contribution in [0.5, 0.6) is 0 Å². The number of nitrogens with one attached hydrogen (secondary N) is 1. The zero-order valence-corrected chi connectivity index (χ0v) is 18.5. The number of aromatic nitrogens is 1. The zero-order chi connectivity index (χ0) is 22.3. The summed E-state index contributed by atoms with van der Waals surface area (Å²) in [6.07, 6.45) is 3.50. The third-order valence-corrected chi connectivity index (χ3v) is 6.02. The molecule has 31 heavy (non-hydrogen) atoms. The van der Waals surface area contributed by atoms with Gasteiger partial charge in [-0.15, -0.1) is 6.58 Å². The fourth-order valence-corrected chi connectivity index (χ4v) is 4.19. The molecule has 1 aromatic heterocycles. The highest BCUT2D eigenvalue weighted by Gasteiger charge is 2.35. The van der Waals surface area contributed by atoms with Crippen LogP contribution in [0.25, 0.3) is 17.0 Å². The molecule has 1 N–H and O–H groups in total. The van der Waals surface area contributed by atoms with Gasteiger partial charge in [0.25, 0.3) is 11.8 Å². The first-order valence-electron chi connectivity index (χ1n) is 10.0. The topological polar surface area (TPSA) is 54.3 Å². The lowest BCUT2D eigenvalue weighted by Crippen LogP contribution is -2.54. The Kier molecular flexibility index (Phi) is 5.33. The van der Waals surface area contributed by atoms with E-state index in [4.69, 9.17) is 12.2 Å². The largest absolute Gasteiger partial charge is 0.340 e. The summed E-state index contributed by atoms with van der Waals surface area (Å²) in [6, 6.07) is 13.6. The van der Waals surface area contributed by atoms with Crippen molar-refractivity contribution in [2.24, 2.45) is 0 Å². The van der Waals surface area contributed by atoms with Crippen molar-refractivity contribution in [3.05, 3.63) is 83.1 Å². The number of amides is 2. The zero-order valence-electron chi connectivity index (χ0n) is 17.7. The Morgan fingerprint density at radius 2 is 1.81 bits per heavy atom. The van der Waals surface area contributed by atoms with E-state index in [2.05, 4.69) is 16.5 Å². The van der Waals surface area contributed by atoms with Crippen LogP contribution in [0, 0.1) is 20.8 Å². The maximum atomic E-state index is 13.4. The van der Waals surface area contributed by atoms with E-state index in [0.717, 1.165) is 33.3 Å².